The van der Waals surface area contributed by atoms with Gasteiger partial charge in [-0.1, -0.05) is 6.07 Å². The van der Waals surface area contributed by atoms with E-state index in [-0.39, 0.29) is 0 Å². The summed E-state index contributed by atoms with van der Waals surface area (Å²) in [6, 6.07) is 4.58. The van der Waals surface area contributed by atoms with Gasteiger partial charge >= 0.3 is 0 Å². The fourth-order valence-electron chi connectivity index (χ4n) is 1.49. The van der Waals surface area contributed by atoms with Crippen LogP contribution in [0.1, 0.15) is 29.5 Å². The van der Waals surface area contributed by atoms with E-state index in [9.17, 15) is 0 Å². The van der Waals surface area contributed by atoms with Gasteiger partial charge in [0.1, 0.15) is 11.6 Å². The Balaban J connectivity index is 1.95. The molecule has 0 amide bonds. The molecule has 2 aromatic rings. The molecular formula is C11H16N4S. The van der Waals surface area contributed by atoms with Crippen molar-refractivity contribution in [2.45, 2.75) is 26.4 Å². The highest BCUT2D eigenvalue weighted by Crippen LogP contribution is 2.18. The maximum atomic E-state index is 4.12. The Bertz CT molecular complexity index is 447. The molecule has 2 heterocycles. The fourth-order valence-corrected chi connectivity index (χ4v) is 2.25. The first-order valence-corrected chi connectivity index (χ1v) is 6.18. The number of rotatable bonds is 4. The maximum Gasteiger partial charge on any atom is 0.146 e. The Kier molecular flexibility index (Phi) is 3.36. The second-order valence-electron chi connectivity index (χ2n) is 3.84. The van der Waals surface area contributed by atoms with Crippen LogP contribution in [0, 0.1) is 6.92 Å². The van der Waals surface area contributed by atoms with Crippen LogP contribution in [0.5, 0.6) is 0 Å². The molecule has 0 bridgehead atoms. The lowest BCUT2D eigenvalue weighted by Crippen LogP contribution is -2.19. The lowest BCUT2D eigenvalue weighted by atomic mass is 10.3. The topological polar surface area (TPSA) is 42.7 Å². The highest BCUT2D eigenvalue weighted by atomic mass is 32.1. The van der Waals surface area contributed by atoms with Crippen LogP contribution >= 0.6 is 11.3 Å². The van der Waals surface area contributed by atoms with E-state index in [1.165, 1.54) is 4.88 Å². The minimum absolute atomic E-state index is 0.358. The van der Waals surface area contributed by atoms with Crippen molar-refractivity contribution in [2.75, 3.05) is 0 Å². The highest BCUT2D eigenvalue weighted by Gasteiger charge is 2.08. The van der Waals surface area contributed by atoms with Gasteiger partial charge in [-0.2, -0.15) is 0 Å². The molecule has 2 rings (SSSR count). The molecule has 0 saturated carbocycles. The van der Waals surface area contributed by atoms with Crippen LogP contribution in [-0.2, 0) is 13.6 Å². The van der Waals surface area contributed by atoms with Crippen molar-refractivity contribution in [2.24, 2.45) is 7.05 Å². The largest absolute Gasteiger partial charge is 0.317 e. The van der Waals surface area contributed by atoms with Crippen molar-refractivity contribution in [3.8, 4) is 0 Å². The van der Waals surface area contributed by atoms with Gasteiger partial charge in [-0.15, -0.1) is 21.5 Å². The molecule has 2 aromatic heterocycles. The molecular weight excluding hydrogens is 220 g/mol. The Morgan fingerprint density at radius 3 is 2.88 bits per heavy atom. The molecule has 1 unspecified atom stereocenters. The van der Waals surface area contributed by atoms with Crippen LogP contribution in [0.25, 0.3) is 0 Å². The molecule has 0 radical (unpaired) electrons. The second-order valence-corrected chi connectivity index (χ2v) is 4.82. The summed E-state index contributed by atoms with van der Waals surface area (Å²) in [6.07, 6.45) is 0. The first-order valence-electron chi connectivity index (χ1n) is 5.30. The average molecular weight is 236 g/mol. The van der Waals surface area contributed by atoms with Crippen molar-refractivity contribution in [1.29, 1.82) is 0 Å². The maximum absolute atomic E-state index is 4.12. The predicted octanol–water partition coefficient (Wildman–Crippen LogP) is 2.04. The summed E-state index contributed by atoms with van der Waals surface area (Å²) in [5, 5.41) is 13.7. The SMILES string of the molecule is Cc1nnc(CNC(C)c2cccs2)n1C. The van der Waals surface area contributed by atoms with Crippen LogP contribution < -0.4 is 5.32 Å². The van der Waals surface area contributed by atoms with Crippen molar-refractivity contribution < 1.29 is 0 Å². The van der Waals surface area contributed by atoms with Gasteiger partial charge < -0.3 is 9.88 Å². The van der Waals surface area contributed by atoms with Gasteiger partial charge in [0.05, 0.1) is 6.54 Å². The molecule has 86 valence electrons. The number of aryl methyl sites for hydroxylation is 1. The van der Waals surface area contributed by atoms with Crippen LogP contribution in [-0.4, -0.2) is 14.8 Å². The van der Waals surface area contributed by atoms with Gasteiger partial charge in [0.15, 0.2) is 0 Å². The third kappa shape index (κ3) is 2.31. The summed E-state index contributed by atoms with van der Waals surface area (Å²) in [7, 11) is 1.99. The summed E-state index contributed by atoms with van der Waals surface area (Å²) < 4.78 is 2.01. The van der Waals surface area contributed by atoms with Gasteiger partial charge in [0.25, 0.3) is 0 Å². The lowest BCUT2D eigenvalue weighted by Gasteiger charge is -2.11. The number of nitrogens with zero attached hydrogens (tertiary/aromatic N) is 3. The molecule has 1 N–H and O–H groups in total. The molecule has 5 heteroatoms. The van der Waals surface area contributed by atoms with Gasteiger partial charge in [0.2, 0.25) is 0 Å². The normalized spacial score (nSPS) is 12.9. The van der Waals surface area contributed by atoms with E-state index in [1.54, 1.807) is 11.3 Å². The van der Waals surface area contributed by atoms with Crippen molar-refractivity contribution >= 4 is 11.3 Å². The number of aromatic nitrogens is 3. The van der Waals surface area contributed by atoms with E-state index in [0.717, 1.165) is 18.2 Å². The van der Waals surface area contributed by atoms with E-state index >= 15 is 0 Å². The molecule has 0 fully saturated rings. The molecule has 4 nitrogen and oxygen atoms in total. The van der Waals surface area contributed by atoms with E-state index in [0.29, 0.717) is 6.04 Å². The number of hydrogen-bond acceptors (Lipinski definition) is 4. The number of thiophene rings is 1. The zero-order valence-corrected chi connectivity index (χ0v) is 10.6. The number of hydrogen-bond donors (Lipinski definition) is 1. The molecule has 1 atom stereocenters. The quantitative estimate of drug-likeness (QED) is 0.883. The third-order valence-electron chi connectivity index (χ3n) is 2.72. The molecule has 16 heavy (non-hydrogen) atoms. The summed E-state index contributed by atoms with van der Waals surface area (Å²) in [6.45, 7) is 4.87. The van der Waals surface area contributed by atoms with Crippen LogP contribution in [0.2, 0.25) is 0 Å². The van der Waals surface area contributed by atoms with Gasteiger partial charge in [-0.3, -0.25) is 0 Å². The molecule has 0 saturated heterocycles. The summed E-state index contributed by atoms with van der Waals surface area (Å²) in [4.78, 5) is 1.35. The first-order chi connectivity index (χ1) is 7.68. The van der Waals surface area contributed by atoms with E-state index < -0.39 is 0 Å². The molecule has 0 spiro atoms. The molecule has 0 aliphatic rings. The monoisotopic (exact) mass is 236 g/mol. The van der Waals surface area contributed by atoms with Crippen molar-refractivity contribution in [3.05, 3.63) is 34.0 Å². The Labute approximate surface area is 99.3 Å². The van der Waals surface area contributed by atoms with Crippen LogP contribution in [0.4, 0.5) is 0 Å². The summed E-state index contributed by atoms with van der Waals surface area (Å²) in [5.74, 6) is 1.92. The first kappa shape index (κ1) is 11.3. The highest BCUT2D eigenvalue weighted by molar-refractivity contribution is 7.10. The molecule has 0 aliphatic heterocycles. The molecule has 0 aromatic carbocycles. The summed E-state index contributed by atoms with van der Waals surface area (Å²) in [5.41, 5.74) is 0. The average Bonchev–Trinajstić information content (AvgIpc) is 2.89. The summed E-state index contributed by atoms with van der Waals surface area (Å²) >= 11 is 1.77. The van der Waals surface area contributed by atoms with Crippen LogP contribution in [0.3, 0.4) is 0 Å². The van der Waals surface area contributed by atoms with Crippen molar-refractivity contribution in [3.63, 3.8) is 0 Å². The Morgan fingerprint density at radius 2 is 2.31 bits per heavy atom. The minimum atomic E-state index is 0.358. The molecule has 0 aliphatic carbocycles. The van der Waals surface area contributed by atoms with E-state index in [2.05, 4.69) is 40.0 Å². The third-order valence-corrected chi connectivity index (χ3v) is 3.77. The Hall–Kier alpha value is -1.20. The zero-order valence-electron chi connectivity index (χ0n) is 9.77. The second kappa shape index (κ2) is 4.76. The predicted molar refractivity (Wildman–Crippen MR) is 65.3 cm³/mol. The number of nitrogens with one attached hydrogen (secondary N) is 1. The minimum Gasteiger partial charge on any atom is -0.317 e. The van der Waals surface area contributed by atoms with Gasteiger partial charge in [-0.25, -0.2) is 0 Å². The smallest absolute Gasteiger partial charge is 0.146 e. The van der Waals surface area contributed by atoms with E-state index in [1.807, 2.05) is 18.5 Å². The van der Waals surface area contributed by atoms with Crippen LogP contribution in [0.15, 0.2) is 17.5 Å². The van der Waals surface area contributed by atoms with Crippen molar-refractivity contribution in [1.82, 2.24) is 20.1 Å². The zero-order chi connectivity index (χ0) is 11.5. The lowest BCUT2D eigenvalue weighted by molar-refractivity contribution is 0.554. The van der Waals surface area contributed by atoms with Gasteiger partial charge in [-0.05, 0) is 25.3 Å². The van der Waals surface area contributed by atoms with Gasteiger partial charge in [0, 0.05) is 18.0 Å². The standard InChI is InChI=1S/C11H16N4S/c1-8(10-5-4-6-16-10)12-7-11-14-13-9(2)15(11)3/h4-6,8,12H,7H2,1-3H3. The Morgan fingerprint density at radius 1 is 1.50 bits per heavy atom. The van der Waals surface area contributed by atoms with E-state index in [4.69, 9.17) is 0 Å². The fraction of sp³-hybridized carbons (Fsp3) is 0.455.